The number of phenols is 1. The maximum absolute atomic E-state index is 8.63. The van der Waals surface area contributed by atoms with Crippen LogP contribution in [0.5, 0.6) is 23.0 Å². The average molecular weight is 741 g/mol. The molecule has 290 valence electrons. The molecule has 0 unspecified atom stereocenters. The topological polar surface area (TPSA) is 47.9 Å². The third-order valence-corrected chi connectivity index (χ3v) is 10.3. The Bertz CT molecular complexity index is 1610. The molecule has 0 aliphatic heterocycles. The molecule has 0 saturated heterocycles. The van der Waals surface area contributed by atoms with Crippen molar-refractivity contribution in [3.63, 3.8) is 0 Å². The van der Waals surface area contributed by atoms with Gasteiger partial charge in [0.15, 0.2) is 0 Å². The number of phenolic OH excluding ortho intramolecular Hbond substituents is 1. The van der Waals surface area contributed by atoms with Crippen LogP contribution in [0.4, 0.5) is 0 Å². The van der Waals surface area contributed by atoms with Crippen LogP contribution >= 0.6 is 8.60 Å². The van der Waals surface area contributed by atoms with E-state index in [1.54, 1.807) is 24.3 Å². The number of aromatic hydroxyl groups is 1. The Labute approximate surface area is 324 Å². The van der Waals surface area contributed by atoms with E-state index in [1.807, 2.05) is 6.07 Å². The van der Waals surface area contributed by atoms with Gasteiger partial charge in [-0.3, -0.25) is 0 Å². The Morgan fingerprint density at radius 3 is 0.811 bits per heavy atom. The Morgan fingerprint density at radius 1 is 0.358 bits per heavy atom. The maximum atomic E-state index is 8.63. The second-order valence-electron chi connectivity index (χ2n) is 20.5. The van der Waals surface area contributed by atoms with Crippen LogP contribution in [-0.2, 0) is 32.5 Å². The zero-order valence-electron chi connectivity index (χ0n) is 36.2. The summed E-state index contributed by atoms with van der Waals surface area (Å²) in [7, 11) is -1.89. The number of benzene rings is 4. The Balaban J connectivity index is 0.000000964. The van der Waals surface area contributed by atoms with Crippen molar-refractivity contribution in [1.29, 1.82) is 0 Å². The summed E-state index contributed by atoms with van der Waals surface area (Å²) in [6.07, 6.45) is 0. The minimum Gasteiger partial charge on any atom is -0.508 e. The molecule has 4 nitrogen and oxygen atoms in total. The SMILES string of the molecule is CC(C)(C)c1ccc(OP(Oc2ccc(C(C)(C)C)cc2C(C)(C)C)Oc2ccc(C(C)(C)C)cc2C(C)(C)C)c(C(C)(C)C)c1.Oc1ccccc1. The van der Waals surface area contributed by atoms with E-state index in [-0.39, 0.29) is 32.5 Å². The van der Waals surface area contributed by atoms with Crippen LogP contribution < -0.4 is 13.6 Å². The van der Waals surface area contributed by atoms with Crippen LogP contribution in [0.3, 0.4) is 0 Å². The molecule has 0 bridgehead atoms. The van der Waals surface area contributed by atoms with Crippen molar-refractivity contribution in [2.24, 2.45) is 0 Å². The molecule has 0 radical (unpaired) electrons. The summed E-state index contributed by atoms with van der Waals surface area (Å²) >= 11 is 0. The fraction of sp³-hybridized carbons (Fsp3) is 0.500. The molecule has 0 saturated carbocycles. The van der Waals surface area contributed by atoms with Gasteiger partial charge in [0.05, 0.1) is 0 Å². The Kier molecular flexibility index (Phi) is 13.3. The molecule has 0 aliphatic carbocycles. The van der Waals surface area contributed by atoms with Gasteiger partial charge in [-0.2, -0.15) is 0 Å². The van der Waals surface area contributed by atoms with Gasteiger partial charge in [-0.15, -0.1) is 0 Å². The van der Waals surface area contributed by atoms with E-state index in [4.69, 9.17) is 18.7 Å². The van der Waals surface area contributed by atoms with Crippen molar-refractivity contribution >= 4 is 8.60 Å². The highest BCUT2D eigenvalue weighted by Gasteiger charge is 2.32. The van der Waals surface area contributed by atoms with Crippen LogP contribution in [-0.4, -0.2) is 5.11 Å². The van der Waals surface area contributed by atoms with Crippen molar-refractivity contribution in [2.75, 3.05) is 0 Å². The second kappa shape index (κ2) is 16.1. The predicted molar refractivity (Wildman–Crippen MR) is 228 cm³/mol. The van der Waals surface area contributed by atoms with Crippen LogP contribution in [0.25, 0.3) is 0 Å². The van der Waals surface area contributed by atoms with Gasteiger partial charge in [-0.05, 0) is 79.5 Å². The number of hydrogen-bond acceptors (Lipinski definition) is 4. The highest BCUT2D eigenvalue weighted by molar-refractivity contribution is 7.43. The van der Waals surface area contributed by atoms with E-state index in [1.165, 1.54) is 16.7 Å². The lowest BCUT2D eigenvalue weighted by Crippen LogP contribution is -2.20. The van der Waals surface area contributed by atoms with Crippen LogP contribution in [0, 0.1) is 0 Å². The molecule has 4 rings (SSSR count). The minimum atomic E-state index is -1.89. The third kappa shape index (κ3) is 12.5. The first-order valence-electron chi connectivity index (χ1n) is 19.0. The smallest absolute Gasteiger partial charge is 0.508 e. The largest absolute Gasteiger partial charge is 0.530 e. The fourth-order valence-electron chi connectivity index (χ4n) is 5.71. The summed E-state index contributed by atoms with van der Waals surface area (Å²) in [6.45, 7) is 40.3. The molecule has 4 aromatic carbocycles. The lowest BCUT2D eigenvalue weighted by molar-refractivity contribution is 0.371. The van der Waals surface area contributed by atoms with Crippen LogP contribution in [0.2, 0.25) is 0 Å². The summed E-state index contributed by atoms with van der Waals surface area (Å²) in [5.74, 6) is 2.69. The molecular weight excluding hydrogens is 671 g/mol. The minimum absolute atomic E-state index is 0.0170. The molecule has 0 aromatic heterocycles. The lowest BCUT2D eigenvalue weighted by atomic mass is 9.80. The second-order valence-corrected chi connectivity index (χ2v) is 21.5. The summed E-state index contributed by atoms with van der Waals surface area (Å²) in [5.41, 5.74) is 6.85. The summed E-state index contributed by atoms with van der Waals surface area (Å²) < 4.78 is 20.7. The molecular formula is C48H69O4P. The third-order valence-electron chi connectivity index (χ3n) is 9.24. The van der Waals surface area contributed by atoms with E-state index in [2.05, 4.69) is 179 Å². The first-order valence-corrected chi connectivity index (χ1v) is 20.1. The van der Waals surface area contributed by atoms with Gasteiger partial charge in [0.25, 0.3) is 0 Å². The lowest BCUT2D eigenvalue weighted by Gasteiger charge is -2.31. The van der Waals surface area contributed by atoms with Crippen LogP contribution in [0.1, 0.15) is 158 Å². The maximum Gasteiger partial charge on any atom is 0.530 e. The molecule has 4 aromatic rings. The van der Waals surface area contributed by atoms with E-state index in [9.17, 15) is 0 Å². The first kappa shape index (κ1) is 43.9. The summed E-state index contributed by atoms with van der Waals surface area (Å²) in [6, 6.07) is 28.4. The fourth-order valence-corrected chi connectivity index (χ4v) is 6.78. The standard InChI is InChI=1S/C42H63O3P.C6H6O/c1-37(2,3)28-19-22-34(31(25-28)40(10,11)12)43-46(44-35-23-20-29(38(4,5)6)26-32(35)41(13,14)15)45-36-24-21-30(39(7,8)9)27-33(36)42(16,17)18;7-6-4-2-1-3-5-6/h19-27H,1-18H3;1-5,7H. The zero-order chi connectivity index (χ0) is 40.4. The van der Waals surface area contributed by atoms with E-state index >= 15 is 0 Å². The molecule has 0 fully saturated rings. The van der Waals surface area contributed by atoms with Crippen molar-refractivity contribution in [3.05, 3.63) is 118 Å². The highest BCUT2D eigenvalue weighted by Crippen LogP contribution is 2.50. The highest BCUT2D eigenvalue weighted by atomic mass is 31.2. The van der Waals surface area contributed by atoms with Gasteiger partial charge in [0, 0.05) is 16.7 Å². The average Bonchev–Trinajstić information content (AvgIpc) is 2.99. The molecule has 0 aliphatic rings. The normalized spacial score (nSPS) is 13.0. The van der Waals surface area contributed by atoms with Gasteiger partial charge in [0.1, 0.15) is 23.0 Å². The molecule has 53 heavy (non-hydrogen) atoms. The monoisotopic (exact) mass is 740 g/mol. The molecule has 0 atom stereocenters. The molecule has 0 heterocycles. The summed E-state index contributed by atoms with van der Waals surface area (Å²) in [5, 5.41) is 8.63. The van der Waals surface area contributed by atoms with Gasteiger partial charge >= 0.3 is 8.60 Å². The molecule has 1 N–H and O–H groups in total. The Morgan fingerprint density at radius 2 is 0.623 bits per heavy atom. The summed E-state index contributed by atoms with van der Waals surface area (Å²) in [4.78, 5) is 0. The van der Waals surface area contributed by atoms with E-state index < -0.39 is 8.60 Å². The van der Waals surface area contributed by atoms with Crippen molar-refractivity contribution in [2.45, 2.75) is 157 Å². The van der Waals surface area contributed by atoms with Gasteiger partial charge in [-0.1, -0.05) is 179 Å². The predicted octanol–water partition coefficient (Wildman–Crippen LogP) is 14.6. The number of rotatable bonds is 6. The van der Waals surface area contributed by atoms with Crippen LogP contribution in [0.15, 0.2) is 84.9 Å². The molecule has 5 heteroatoms. The van der Waals surface area contributed by atoms with Crippen molar-refractivity contribution < 1.29 is 18.7 Å². The van der Waals surface area contributed by atoms with E-state index in [0.717, 1.165) is 33.9 Å². The first-order chi connectivity index (χ1) is 24.0. The molecule has 0 spiro atoms. The zero-order valence-corrected chi connectivity index (χ0v) is 37.1. The van der Waals surface area contributed by atoms with Gasteiger partial charge in [-0.25, -0.2) is 0 Å². The van der Waals surface area contributed by atoms with Crippen molar-refractivity contribution in [1.82, 2.24) is 0 Å². The van der Waals surface area contributed by atoms with Crippen molar-refractivity contribution in [3.8, 4) is 23.0 Å². The Hall–Kier alpha value is -3.49. The molecule has 0 amide bonds. The van der Waals surface area contributed by atoms with E-state index in [0.29, 0.717) is 5.75 Å². The quantitative estimate of drug-likeness (QED) is 0.200. The number of para-hydroxylation sites is 1. The number of hydrogen-bond donors (Lipinski definition) is 1. The van der Waals surface area contributed by atoms with Gasteiger partial charge < -0.3 is 18.7 Å². The van der Waals surface area contributed by atoms with Gasteiger partial charge in [0.2, 0.25) is 0 Å².